The lowest BCUT2D eigenvalue weighted by Crippen LogP contribution is -2.38. The zero-order valence-corrected chi connectivity index (χ0v) is 15.3. The van der Waals surface area contributed by atoms with Gasteiger partial charge in [-0.1, -0.05) is 12.1 Å². The van der Waals surface area contributed by atoms with Gasteiger partial charge in [-0.15, -0.1) is 0 Å². The number of benzene rings is 2. The van der Waals surface area contributed by atoms with Gasteiger partial charge in [-0.3, -0.25) is 4.79 Å². The molecule has 0 spiro atoms. The monoisotopic (exact) mass is 414 g/mol. The fourth-order valence-corrected chi connectivity index (χ4v) is 2.76. The van der Waals surface area contributed by atoms with Gasteiger partial charge < -0.3 is 25.3 Å². The van der Waals surface area contributed by atoms with Crippen LogP contribution in [-0.4, -0.2) is 18.7 Å². The molecule has 1 aliphatic rings. The van der Waals surface area contributed by atoms with Crippen molar-refractivity contribution in [3.05, 3.63) is 52.8 Å². The summed E-state index contributed by atoms with van der Waals surface area (Å²) in [7, 11) is 0. The summed E-state index contributed by atoms with van der Waals surface area (Å²) in [5.41, 5.74) is 4.13. The quantitative estimate of drug-likeness (QED) is 0.681. The van der Waals surface area contributed by atoms with Crippen molar-refractivity contribution in [3.8, 4) is 17.2 Å². The second kappa shape index (κ2) is 8.16. The van der Waals surface area contributed by atoms with E-state index in [0.717, 1.165) is 18.2 Å². The van der Waals surface area contributed by atoms with E-state index >= 15 is 0 Å². The smallest absolute Gasteiger partial charge is 0.416 e. The molecule has 1 aliphatic heterocycles. The van der Waals surface area contributed by atoms with Crippen molar-refractivity contribution in [1.82, 2.24) is 5.32 Å². The van der Waals surface area contributed by atoms with Crippen molar-refractivity contribution < 1.29 is 36.6 Å². The highest BCUT2D eigenvalue weighted by Gasteiger charge is 2.35. The summed E-state index contributed by atoms with van der Waals surface area (Å²) in [5.74, 6) is -0.906. The summed E-state index contributed by atoms with van der Waals surface area (Å²) in [5, 5.41) is 2.91. The predicted molar refractivity (Wildman–Crippen MR) is 93.8 cm³/mol. The number of hydrogen-bond acceptors (Lipinski definition) is 5. The molecule has 0 aliphatic carbocycles. The molecule has 0 fully saturated rings. The molecular formula is C19H18F4N2O4. The van der Waals surface area contributed by atoms with Gasteiger partial charge in [0.2, 0.25) is 18.4 Å². The van der Waals surface area contributed by atoms with E-state index in [1.807, 2.05) is 0 Å². The first kappa shape index (κ1) is 20.7. The van der Waals surface area contributed by atoms with Crippen molar-refractivity contribution in [2.24, 2.45) is 5.73 Å². The highest BCUT2D eigenvalue weighted by molar-refractivity contribution is 5.79. The van der Waals surface area contributed by atoms with E-state index in [1.165, 1.54) is 6.07 Å². The molecule has 0 aromatic heterocycles. The fraction of sp³-hybridized carbons (Fsp3) is 0.316. The van der Waals surface area contributed by atoms with Crippen LogP contribution in [0.5, 0.6) is 17.2 Å². The minimum atomic E-state index is -4.71. The Bertz CT molecular complexity index is 918. The third-order valence-electron chi connectivity index (χ3n) is 4.39. The lowest BCUT2D eigenvalue weighted by atomic mass is 10.1. The summed E-state index contributed by atoms with van der Waals surface area (Å²) in [4.78, 5) is 11.1. The van der Waals surface area contributed by atoms with Crippen LogP contribution in [0.25, 0.3) is 0 Å². The molecule has 2 aromatic carbocycles. The number of fused-ring (bicyclic) bond motifs is 1. The topological polar surface area (TPSA) is 82.8 Å². The minimum absolute atomic E-state index is 0.110. The van der Waals surface area contributed by atoms with Gasteiger partial charge in [0.15, 0.2) is 11.5 Å². The van der Waals surface area contributed by atoms with E-state index in [2.05, 4.69) is 5.32 Å². The number of primary amides is 1. The molecule has 6 nitrogen and oxygen atoms in total. The summed E-state index contributed by atoms with van der Waals surface area (Å²) in [6, 6.07) is 5.23. The Morgan fingerprint density at radius 1 is 1.24 bits per heavy atom. The molecule has 1 unspecified atom stereocenters. The van der Waals surface area contributed by atoms with Crippen molar-refractivity contribution in [3.63, 3.8) is 0 Å². The summed E-state index contributed by atoms with van der Waals surface area (Å²) in [6.07, 6.45) is -4.71. The lowest BCUT2D eigenvalue weighted by molar-refractivity contribution is -0.138. The number of amides is 1. The number of ether oxygens (including phenoxy) is 3. The standard InChI is InChI=1S/C19H18F4N2O4/c1-10(18(24)26)25-7-11-5-6-15(17-16(11)28-9-29-17)27-8-12-13(19(21,22)23)3-2-4-14(12)20/h2-6,10,25H,7-9H2,1H3,(H2,24,26). The maximum Gasteiger partial charge on any atom is 0.416 e. The Labute approximate surface area is 163 Å². The molecule has 10 heteroatoms. The van der Waals surface area contributed by atoms with Crippen LogP contribution in [0.3, 0.4) is 0 Å². The Morgan fingerprint density at radius 3 is 2.66 bits per heavy atom. The Morgan fingerprint density at radius 2 is 1.97 bits per heavy atom. The maximum atomic E-state index is 14.0. The normalized spacial score (nSPS) is 14.0. The number of hydrogen-bond donors (Lipinski definition) is 2. The number of carbonyl (C=O) groups excluding carboxylic acids is 1. The van der Waals surface area contributed by atoms with E-state index in [9.17, 15) is 22.4 Å². The second-order valence-corrected chi connectivity index (χ2v) is 6.34. The first-order valence-electron chi connectivity index (χ1n) is 8.60. The van der Waals surface area contributed by atoms with Crippen LogP contribution < -0.4 is 25.3 Å². The van der Waals surface area contributed by atoms with Crippen molar-refractivity contribution in [1.29, 1.82) is 0 Å². The SMILES string of the molecule is CC(NCc1ccc(OCc2c(F)cccc2C(F)(F)F)c2c1OCO2)C(N)=O. The highest BCUT2D eigenvalue weighted by atomic mass is 19.4. The predicted octanol–water partition coefficient (Wildman–Crippen LogP) is 3.12. The molecule has 0 saturated carbocycles. The Hall–Kier alpha value is -3.01. The van der Waals surface area contributed by atoms with E-state index in [0.29, 0.717) is 11.3 Å². The average molecular weight is 414 g/mol. The van der Waals surface area contributed by atoms with E-state index in [1.54, 1.807) is 13.0 Å². The van der Waals surface area contributed by atoms with E-state index in [4.69, 9.17) is 19.9 Å². The lowest BCUT2D eigenvalue weighted by Gasteiger charge is -2.16. The maximum absolute atomic E-state index is 14.0. The second-order valence-electron chi connectivity index (χ2n) is 6.34. The largest absolute Gasteiger partial charge is 0.485 e. The van der Waals surface area contributed by atoms with Crippen molar-refractivity contribution in [2.75, 3.05) is 6.79 Å². The molecule has 3 N–H and O–H groups in total. The Balaban J connectivity index is 1.80. The first-order valence-corrected chi connectivity index (χ1v) is 8.60. The zero-order chi connectivity index (χ0) is 21.2. The molecule has 1 heterocycles. The third kappa shape index (κ3) is 4.53. The number of carbonyl (C=O) groups is 1. The van der Waals surface area contributed by atoms with Crippen LogP contribution in [0.4, 0.5) is 17.6 Å². The average Bonchev–Trinajstić information content (AvgIpc) is 3.14. The van der Waals surface area contributed by atoms with Gasteiger partial charge in [0, 0.05) is 17.7 Å². The molecule has 3 rings (SSSR count). The number of nitrogens with one attached hydrogen (secondary N) is 1. The van der Waals surface area contributed by atoms with Crippen LogP contribution in [0.1, 0.15) is 23.6 Å². The number of alkyl halides is 3. The zero-order valence-electron chi connectivity index (χ0n) is 15.3. The van der Waals surface area contributed by atoms with Crippen LogP contribution in [0.15, 0.2) is 30.3 Å². The molecule has 1 amide bonds. The fourth-order valence-electron chi connectivity index (χ4n) is 2.76. The number of rotatable bonds is 7. The van der Waals surface area contributed by atoms with Gasteiger partial charge in [0.25, 0.3) is 0 Å². The highest BCUT2D eigenvalue weighted by Crippen LogP contribution is 2.44. The number of halogens is 4. The first-order chi connectivity index (χ1) is 13.7. The molecule has 0 bridgehead atoms. The molecule has 156 valence electrons. The van der Waals surface area contributed by atoms with Gasteiger partial charge in [0.1, 0.15) is 12.4 Å². The van der Waals surface area contributed by atoms with E-state index < -0.39 is 41.7 Å². The minimum Gasteiger partial charge on any atom is -0.485 e. The molecule has 1 atom stereocenters. The van der Waals surface area contributed by atoms with Gasteiger partial charge in [-0.2, -0.15) is 13.2 Å². The van der Waals surface area contributed by atoms with Gasteiger partial charge in [0.05, 0.1) is 11.6 Å². The van der Waals surface area contributed by atoms with Gasteiger partial charge >= 0.3 is 6.18 Å². The summed E-state index contributed by atoms with van der Waals surface area (Å²) >= 11 is 0. The molecule has 0 saturated heterocycles. The Kier molecular flexibility index (Phi) is 5.83. The van der Waals surface area contributed by atoms with Crippen molar-refractivity contribution >= 4 is 5.91 Å². The number of nitrogens with two attached hydrogens (primary N) is 1. The molecule has 2 aromatic rings. The van der Waals surface area contributed by atoms with Gasteiger partial charge in [-0.05, 0) is 25.1 Å². The van der Waals surface area contributed by atoms with Gasteiger partial charge in [-0.25, -0.2) is 4.39 Å². The van der Waals surface area contributed by atoms with Crippen molar-refractivity contribution in [2.45, 2.75) is 32.3 Å². The summed E-state index contributed by atoms with van der Waals surface area (Å²) in [6.45, 7) is 1.08. The van der Waals surface area contributed by atoms with Crippen LogP contribution >= 0.6 is 0 Å². The van der Waals surface area contributed by atoms with Crippen LogP contribution in [-0.2, 0) is 24.1 Å². The van der Waals surface area contributed by atoms with E-state index in [-0.39, 0.29) is 24.8 Å². The molecule has 0 radical (unpaired) electrons. The summed E-state index contributed by atoms with van der Waals surface area (Å²) < 4.78 is 69.6. The molecular weight excluding hydrogens is 396 g/mol. The third-order valence-corrected chi connectivity index (χ3v) is 4.39. The molecule has 29 heavy (non-hydrogen) atoms. The van der Waals surface area contributed by atoms with Crippen LogP contribution in [0.2, 0.25) is 0 Å². The van der Waals surface area contributed by atoms with Crippen LogP contribution in [0, 0.1) is 5.82 Å².